The van der Waals surface area contributed by atoms with Gasteiger partial charge in [-0.25, -0.2) is 0 Å². The van der Waals surface area contributed by atoms with E-state index in [2.05, 4.69) is 17.2 Å². The summed E-state index contributed by atoms with van der Waals surface area (Å²) in [5.41, 5.74) is 1.10. The van der Waals surface area contributed by atoms with Crippen LogP contribution in [-0.4, -0.2) is 28.8 Å². The number of benzene rings is 1. The average molecular weight is 262 g/mol. The van der Waals surface area contributed by atoms with Crippen LogP contribution in [0.15, 0.2) is 35.3 Å². The lowest BCUT2D eigenvalue weighted by Crippen LogP contribution is -2.39. The van der Waals surface area contributed by atoms with Gasteiger partial charge in [0.05, 0.1) is 5.04 Å². The van der Waals surface area contributed by atoms with E-state index in [1.165, 1.54) is 0 Å². The van der Waals surface area contributed by atoms with Crippen LogP contribution in [0.1, 0.15) is 25.8 Å². The van der Waals surface area contributed by atoms with Crippen LogP contribution < -0.4 is 5.32 Å². The second kappa shape index (κ2) is 6.05. The minimum Gasteiger partial charge on any atom is -0.352 e. The average Bonchev–Trinajstić information content (AvgIpc) is 2.89. The molecule has 2 atom stereocenters. The molecule has 1 aromatic rings. The van der Waals surface area contributed by atoms with Gasteiger partial charge in [0.2, 0.25) is 5.91 Å². The molecule has 1 N–H and O–H groups in total. The maximum absolute atomic E-state index is 12.0. The highest BCUT2D eigenvalue weighted by Gasteiger charge is 2.26. The molecule has 0 saturated heterocycles. The van der Waals surface area contributed by atoms with Crippen molar-refractivity contribution in [3.8, 4) is 0 Å². The summed E-state index contributed by atoms with van der Waals surface area (Å²) in [6.07, 6.45) is 0.945. The standard InChI is InChI=1S/C14H18N2OS/c1-3-10(2)15-13(17)12-9-18-14(16-12)11-7-5-4-6-8-11/h4-8,10,12H,3,9H2,1-2H3,(H,15,17). The Labute approximate surface area is 112 Å². The van der Waals surface area contributed by atoms with E-state index >= 15 is 0 Å². The smallest absolute Gasteiger partial charge is 0.245 e. The number of carbonyl (C=O) groups excluding carboxylic acids is 1. The van der Waals surface area contributed by atoms with Gasteiger partial charge in [-0.3, -0.25) is 9.79 Å². The Bertz CT molecular complexity index is 444. The molecule has 1 heterocycles. The summed E-state index contributed by atoms with van der Waals surface area (Å²) in [5.74, 6) is 0.787. The predicted molar refractivity (Wildman–Crippen MR) is 77.1 cm³/mol. The molecule has 3 nitrogen and oxygen atoms in total. The summed E-state index contributed by atoms with van der Waals surface area (Å²) < 4.78 is 0. The molecule has 0 bridgehead atoms. The fourth-order valence-electron chi connectivity index (χ4n) is 1.69. The summed E-state index contributed by atoms with van der Waals surface area (Å²) in [6.45, 7) is 4.08. The Morgan fingerprint density at radius 2 is 2.22 bits per heavy atom. The molecule has 4 heteroatoms. The Kier molecular flexibility index (Phi) is 4.42. The largest absolute Gasteiger partial charge is 0.352 e. The van der Waals surface area contributed by atoms with Crippen molar-refractivity contribution in [2.24, 2.45) is 4.99 Å². The van der Waals surface area contributed by atoms with E-state index in [1.807, 2.05) is 37.3 Å². The molecule has 0 fully saturated rings. The summed E-state index contributed by atoms with van der Waals surface area (Å²) in [6, 6.07) is 10.0. The second-order valence-corrected chi connectivity index (χ2v) is 5.45. The third-order valence-electron chi connectivity index (χ3n) is 2.98. The summed E-state index contributed by atoms with van der Waals surface area (Å²) >= 11 is 1.66. The van der Waals surface area contributed by atoms with Gasteiger partial charge in [0, 0.05) is 17.4 Å². The number of hydrogen-bond acceptors (Lipinski definition) is 3. The van der Waals surface area contributed by atoms with Crippen LogP contribution in [0.4, 0.5) is 0 Å². The number of rotatable bonds is 4. The van der Waals surface area contributed by atoms with Crippen molar-refractivity contribution < 1.29 is 4.79 Å². The minimum absolute atomic E-state index is 0.0442. The second-order valence-electron chi connectivity index (χ2n) is 4.44. The van der Waals surface area contributed by atoms with Gasteiger partial charge >= 0.3 is 0 Å². The topological polar surface area (TPSA) is 41.5 Å². The van der Waals surface area contributed by atoms with E-state index in [9.17, 15) is 4.79 Å². The summed E-state index contributed by atoms with van der Waals surface area (Å²) in [4.78, 5) is 16.5. The molecule has 96 valence electrons. The van der Waals surface area contributed by atoms with Gasteiger partial charge in [0.25, 0.3) is 0 Å². The zero-order chi connectivity index (χ0) is 13.0. The van der Waals surface area contributed by atoms with Gasteiger partial charge < -0.3 is 5.32 Å². The Morgan fingerprint density at radius 3 is 2.89 bits per heavy atom. The van der Waals surface area contributed by atoms with Crippen molar-refractivity contribution in [1.29, 1.82) is 0 Å². The quantitative estimate of drug-likeness (QED) is 0.905. The van der Waals surface area contributed by atoms with Crippen molar-refractivity contribution >= 4 is 22.7 Å². The number of hydrogen-bond donors (Lipinski definition) is 1. The van der Waals surface area contributed by atoms with Gasteiger partial charge in [-0.1, -0.05) is 37.3 Å². The molecule has 0 aliphatic carbocycles. The van der Waals surface area contributed by atoms with Crippen LogP contribution in [0, 0.1) is 0 Å². The zero-order valence-electron chi connectivity index (χ0n) is 10.7. The number of carbonyl (C=O) groups is 1. The van der Waals surface area contributed by atoms with E-state index in [4.69, 9.17) is 0 Å². The molecule has 2 rings (SSSR count). The van der Waals surface area contributed by atoms with Gasteiger partial charge in [-0.2, -0.15) is 0 Å². The Morgan fingerprint density at radius 1 is 1.50 bits per heavy atom. The lowest BCUT2D eigenvalue weighted by molar-refractivity contribution is -0.122. The molecular formula is C14H18N2OS. The molecule has 18 heavy (non-hydrogen) atoms. The first kappa shape index (κ1) is 13.1. The van der Waals surface area contributed by atoms with Gasteiger partial charge in [0.1, 0.15) is 6.04 Å². The zero-order valence-corrected chi connectivity index (χ0v) is 11.5. The third-order valence-corrected chi connectivity index (χ3v) is 4.07. The molecule has 1 aliphatic rings. The highest BCUT2D eigenvalue weighted by Crippen LogP contribution is 2.23. The molecule has 1 aromatic carbocycles. The predicted octanol–water partition coefficient (Wildman–Crippen LogP) is 2.46. The van der Waals surface area contributed by atoms with Gasteiger partial charge in [-0.15, -0.1) is 11.8 Å². The molecular weight excluding hydrogens is 244 g/mol. The first-order chi connectivity index (χ1) is 8.70. The summed E-state index contributed by atoms with van der Waals surface area (Å²) in [7, 11) is 0. The maximum Gasteiger partial charge on any atom is 0.245 e. The third kappa shape index (κ3) is 3.13. The van der Waals surface area contributed by atoms with Crippen LogP contribution in [0.25, 0.3) is 0 Å². The minimum atomic E-state index is -0.237. The van der Waals surface area contributed by atoms with Gasteiger partial charge in [0.15, 0.2) is 0 Å². The van der Waals surface area contributed by atoms with Crippen LogP contribution in [0.3, 0.4) is 0 Å². The van der Waals surface area contributed by atoms with E-state index in [0.29, 0.717) is 0 Å². The Hall–Kier alpha value is -1.29. The maximum atomic E-state index is 12.0. The molecule has 2 unspecified atom stereocenters. The number of aliphatic imine (C=N–C) groups is 1. The van der Waals surface area contributed by atoms with Crippen LogP contribution in [0.5, 0.6) is 0 Å². The number of nitrogens with one attached hydrogen (secondary N) is 1. The van der Waals surface area contributed by atoms with Crippen LogP contribution in [0.2, 0.25) is 0 Å². The van der Waals surface area contributed by atoms with Crippen molar-refractivity contribution in [3.63, 3.8) is 0 Å². The lowest BCUT2D eigenvalue weighted by Gasteiger charge is -2.13. The first-order valence-electron chi connectivity index (χ1n) is 6.27. The van der Waals surface area contributed by atoms with E-state index in [0.717, 1.165) is 22.8 Å². The van der Waals surface area contributed by atoms with E-state index < -0.39 is 0 Å². The molecule has 1 aliphatic heterocycles. The fourth-order valence-corrected chi connectivity index (χ4v) is 2.73. The SMILES string of the molecule is CCC(C)NC(=O)C1CSC(c2ccccc2)=N1. The van der Waals surface area contributed by atoms with E-state index in [1.54, 1.807) is 11.8 Å². The number of thioether (sulfide) groups is 1. The van der Waals surface area contributed by atoms with Crippen molar-refractivity contribution in [2.75, 3.05) is 5.75 Å². The molecule has 0 aromatic heterocycles. The molecule has 0 saturated carbocycles. The molecule has 1 amide bonds. The molecule has 0 radical (unpaired) electrons. The number of amides is 1. The summed E-state index contributed by atoms with van der Waals surface area (Å²) in [5, 5.41) is 3.96. The Balaban J connectivity index is 2.02. The molecule has 0 spiro atoms. The van der Waals surface area contributed by atoms with Crippen LogP contribution >= 0.6 is 11.8 Å². The van der Waals surface area contributed by atoms with Crippen molar-refractivity contribution in [3.05, 3.63) is 35.9 Å². The van der Waals surface area contributed by atoms with E-state index in [-0.39, 0.29) is 18.0 Å². The monoisotopic (exact) mass is 262 g/mol. The fraction of sp³-hybridized carbons (Fsp3) is 0.429. The highest BCUT2D eigenvalue weighted by molar-refractivity contribution is 8.14. The normalized spacial score (nSPS) is 20.3. The number of nitrogens with zero attached hydrogens (tertiary/aromatic N) is 1. The van der Waals surface area contributed by atoms with Crippen molar-refractivity contribution in [2.45, 2.75) is 32.4 Å². The lowest BCUT2D eigenvalue weighted by atomic mass is 10.2. The van der Waals surface area contributed by atoms with Crippen molar-refractivity contribution in [1.82, 2.24) is 5.32 Å². The highest BCUT2D eigenvalue weighted by atomic mass is 32.2. The first-order valence-corrected chi connectivity index (χ1v) is 7.25. The van der Waals surface area contributed by atoms with Gasteiger partial charge in [-0.05, 0) is 13.3 Å². The van der Waals surface area contributed by atoms with Crippen LogP contribution in [-0.2, 0) is 4.79 Å².